The highest BCUT2D eigenvalue weighted by Crippen LogP contribution is 2.19. The zero-order chi connectivity index (χ0) is 18.8. The van der Waals surface area contributed by atoms with Crippen molar-refractivity contribution >= 4 is 33.2 Å². The van der Waals surface area contributed by atoms with Crippen LogP contribution in [-0.4, -0.2) is 20.3 Å². The Morgan fingerprint density at radius 2 is 2.08 bits per heavy atom. The number of hydrogen-bond acceptors (Lipinski definition) is 6. The SMILES string of the molecule is Cc1cc(C(=O)OCc2cc(=O)n3cc(Br)ccc3n2)ccc1[N+](=O)[O-]. The molecule has 0 radical (unpaired) electrons. The Morgan fingerprint density at radius 3 is 2.77 bits per heavy atom. The van der Waals surface area contributed by atoms with E-state index in [0.29, 0.717) is 16.9 Å². The maximum Gasteiger partial charge on any atom is 0.338 e. The minimum atomic E-state index is -0.652. The Labute approximate surface area is 155 Å². The number of fused-ring (bicyclic) bond motifs is 1. The number of pyridine rings is 1. The minimum absolute atomic E-state index is 0.0723. The van der Waals surface area contributed by atoms with Crippen molar-refractivity contribution in [3.8, 4) is 0 Å². The van der Waals surface area contributed by atoms with Crippen molar-refractivity contribution in [2.45, 2.75) is 13.5 Å². The van der Waals surface area contributed by atoms with Crippen LogP contribution in [0.1, 0.15) is 21.6 Å². The van der Waals surface area contributed by atoms with Crippen molar-refractivity contribution in [3.63, 3.8) is 0 Å². The summed E-state index contributed by atoms with van der Waals surface area (Å²) in [6, 6.07) is 8.67. The van der Waals surface area contributed by atoms with Gasteiger partial charge in [0.05, 0.1) is 16.2 Å². The van der Waals surface area contributed by atoms with Crippen molar-refractivity contribution in [1.29, 1.82) is 0 Å². The van der Waals surface area contributed by atoms with Crippen molar-refractivity contribution < 1.29 is 14.5 Å². The molecular formula is C17H12BrN3O5. The smallest absolute Gasteiger partial charge is 0.338 e. The zero-order valence-electron chi connectivity index (χ0n) is 13.5. The van der Waals surface area contributed by atoms with Crippen LogP contribution in [0, 0.1) is 17.0 Å². The first-order chi connectivity index (χ1) is 12.3. The average Bonchev–Trinajstić information content (AvgIpc) is 2.60. The molecule has 2 aromatic heterocycles. The lowest BCUT2D eigenvalue weighted by molar-refractivity contribution is -0.385. The van der Waals surface area contributed by atoms with E-state index in [1.807, 2.05) is 0 Å². The Bertz CT molecular complexity index is 1090. The van der Waals surface area contributed by atoms with E-state index in [2.05, 4.69) is 20.9 Å². The number of carbonyl (C=O) groups is 1. The second kappa shape index (κ2) is 7.04. The third kappa shape index (κ3) is 3.62. The van der Waals surface area contributed by atoms with Gasteiger partial charge in [0.25, 0.3) is 11.2 Å². The van der Waals surface area contributed by atoms with Gasteiger partial charge < -0.3 is 4.74 Å². The number of nitro groups is 1. The molecule has 0 N–H and O–H groups in total. The highest BCUT2D eigenvalue weighted by atomic mass is 79.9. The van der Waals surface area contributed by atoms with Crippen molar-refractivity contribution in [2.24, 2.45) is 0 Å². The number of carbonyl (C=O) groups excluding carboxylic acids is 1. The van der Waals surface area contributed by atoms with E-state index in [1.165, 1.54) is 28.7 Å². The van der Waals surface area contributed by atoms with E-state index in [-0.39, 0.29) is 23.4 Å². The lowest BCUT2D eigenvalue weighted by atomic mass is 10.1. The number of hydrogen-bond donors (Lipinski definition) is 0. The highest BCUT2D eigenvalue weighted by molar-refractivity contribution is 9.10. The lowest BCUT2D eigenvalue weighted by Crippen LogP contribution is -2.16. The molecule has 3 rings (SSSR count). The van der Waals surface area contributed by atoms with Crippen molar-refractivity contribution in [3.05, 3.63) is 84.4 Å². The zero-order valence-corrected chi connectivity index (χ0v) is 15.1. The normalized spacial score (nSPS) is 10.7. The van der Waals surface area contributed by atoms with Gasteiger partial charge >= 0.3 is 5.97 Å². The van der Waals surface area contributed by atoms with E-state index >= 15 is 0 Å². The molecule has 1 aromatic carbocycles. The van der Waals surface area contributed by atoms with Crippen molar-refractivity contribution in [1.82, 2.24) is 9.38 Å². The summed E-state index contributed by atoms with van der Waals surface area (Å²) in [5, 5.41) is 10.8. The van der Waals surface area contributed by atoms with E-state index < -0.39 is 10.9 Å². The van der Waals surface area contributed by atoms with Gasteiger partial charge in [-0.1, -0.05) is 0 Å². The molecule has 0 saturated carbocycles. The summed E-state index contributed by atoms with van der Waals surface area (Å²) in [5.74, 6) is -0.652. The quantitative estimate of drug-likeness (QED) is 0.367. The molecule has 0 spiro atoms. The number of aromatic nitrogens is 2. The van der Waals surface area contributed by atoms with Crippen LogP contribution in [0.4, 0.5) is 5.69 Å². The molecule has 2 heterocycles. The maximum atomic E-state index is 12.1. The van der Waals surface area contributed by atoms with Gasteiger partial charge in [0.1, 0.15) is 12.3 Å². The van der Waals surface area contributed by atoms with Gasteiger partial charge in [-0.25, -0.2) is 9.78 Å². The Balaban J connectivity index is 1.78. The molecule has 0 aliphatic heterocycles. The van der Waals surface area contributed by atoms with E-state index in [1.54, 1.807) is 25.3 Å². The monoisotopic (exact) mass is 417 g/mol. The van der Waals surface area contributed by atoms with Gasteiger partial charge in [-0.05, 0) is 47.1 Å². The van der Waals surface area contributed by atoms with E-state index in [9.17, 15) is 19.7 Å². The summed E-state index contributed by atoms with van der Waals surface area (Å²) in [4.78, 5) is 38.8. The first-order valence-electron chi connectivity index (χ1n) is 7.45. The van der Waals surface area contributed by atoms with Gasteiger partial charge in [0, 0.05) is 28.4 Å². The molecule has 3 aromatic rings. The summed E-state index contributed by atoms with van der Waals surface area (Å²) in [6.07, 6.45) is 1.60. The van der Waals surface area contributed by atoms with Crippen molar-refractivity contribution in [2.75, 3.05) is 0 Å². The minimum Gasteiger partial charge on any atom is -0.456 e. The molecule has 0 aliphatic rings. The predicted molar refractivity (Wildman–Crippen MR) is 96.1 cm³/mol. The van der Waals surface area contributed by atoms with Crippen LogP contribution in [0.15, 0.2) is 51.9 Å². The molecule has 0 amide bonds. The van der Waals surface area contributed by atoms with Gasteiger partial charge in [-0.3, -0.25) is 19.3 Å². The summed E-state index contributed by atoms with van der Waals surface area (Å²) in [5.41, 5.74) is 0.916. The maximum absolute atomic E-state index is 12.1. The molecular weight excluding hydrogens is 406 g/mol. The van der Waals surface area contributed by atoms with Gasteiger partial charge in [0.2, 0.25) is 0 Å². The first-order valence-corrected chi connectivity index (χ1v) is 8.24. The number of rotatable bonds is 4. The number of esters is 1. The largest absolute Gasteiger partial charge is 0.456 e. The van der Waals surface area contributed by atoms with Crippen LogP contribution in [0.5, 0.6) is 0 Å². The molecule has 0 bridgehead atoms. The van der Waals surface area contributed by atoms with Crippen LogP contribution >= 0.6 is 15.9 Å². The van der Waals surface area contributed by atoms with Crippen LogP contribution < -0.4 is 5.56 Å². The van der Waals surface area contributed by atoms with Gasteiger partial charge in [-0.15, -0.1) is 0 Å². The van der Waals surface area contributed by atoms with E-state index in [4.69, 9.17) is 4.74 Å². The predicted octanol–water partition coefficient (Wildman–Crippen LogP) is 3.03. The Morgan fingerprint density at radius 1 is 1.31 bits per heavy atom. The molecule has 0 unspecified atom stereocenters. The van der Waals surface area contributed by atoms with Crippen LogP contribution in [0.3, 0.4) is 0 Å². The number of aryl methyl sites for hydroxylation is 1. The second-order valence-corrected chi connectivity index (χ2v) is 6.41. The van der Waals surface area contributed by atoms with Gasteiger partial charge in [0.15, 0.2) is 0 Å². The number of halogens is 1. The molecule has 0 atom stereocenters. The number of ether oxygens (including phenoxy) is 1. The van der Waals surface area contributed by atoms with Crippen LogP contribution in [-0.2, 0) is 11.3 Å². The molecule has 132 valence electrons. The lowest BCUT2D eigenvalue weighted by Gasteiger charge is -2.07. The third-order valence-corrected chi connectivity index (χ3v) is 4.13. The van der Waals surface area contributed by atoms with Crippen LogP contribution in [0.25, 0.3) is 5.65 Å². The van der Waals surface area contributed by atoms with E-state index in [0.717, 1.165) is 4.47 Å². The fourth-order valence-corrected chi connectivity index (χ4v) is 2.75. The second-order valence-electron chi connectivity index (χ2n) is 5.50. The molecule has 26 heavy (non-hydrogen) atoms. The fourth-order valence-electron chi connectivity index (χ4n) is 2.41. The summed E-state index contributed by atoms with van der Waals surface area (Å²) < 4.78 is 7.28. The standard InChI is InChI=1S/C17H12BrN3O5/c1-10-6-11(2-4-14(10)21(24)25)17(23)26-9-13-7-16(22)20-8-12(18)3-5-15(20)19-13/h2-8H,9H2,1H3. The number of nitro benzene ring substituents is 1. The first kappa shape index (κ1) is 17.7. The topological polar surface area (TPSA) is 104 Å². The summed E-state index contributed by atoms with van der Waals surface area (Å²) in [6.45, 7) is 1.36. The Hall–Kier alpha value is -3.07. The Kier molecular flexibility index (Phi) is 4.81. The molecule has 8 nitrogen and oxygen atoms in total. The number of benzene rings is 1. The highest BCUT2D eigenvalue weighted by Gasteiger charge is 2.15. The molecule has 0 aliphatic carbocycles. The summed E-state index contributed by atoms with van der Waals surface area (Å²) >= 11 is 3.28. The average molecular weight is 418 g/mol. The fraction of sp³-hybridized carbons (Fsp3) is 0.118. The molecule has 9 heteroatoms. The molecule has 0 fully saturated rings. The van der Waals surface area contributed by atoms with Gasteiger partial charge in [-0.2, -0.15) is 0 Å². The molecule has 0 saturated heterocycles. The third-order valence-electron chi connectivity index (χ3n) is 3.66. The summed E-state index contributed by atoms with van der Waals surface area (Å²) in [7, 11) is 0. The van der Waals surface area contributed by atoms with Crippen LogP contribution in [0.2, 0.25) is 0 Å². The number of nitrogens with zero attached hydrogens (tertiary/aromatic N) is 3.